The number of aliphatic hydroxyl groups is 1. The predicted octanol–water partition coefficient (Wildman–Crippen LogP) is 3.51. The second-order valence-corrected chi connectivity index (χ2v) is 4.94. The summed E-state index contributed by atoms with van der Waals surface area (Å²) in [5, 5.41) is 14.5. The van der Waals surface area contributed by atoms with Gasteiger partial charge in [-0.3, -0.25) is 4.68 Å². The summed E-state index contributed by atoms with van der Waals surface area (Å²) in [4.78, 5) is 0. The van der Waals surface area contributed by atoms with Crippen molar-refractivity contribution in [2.75, 3.05) is 0 Å². The number of aliphatic hydroxyl groups excluding tert-OH is 1. The van der Waals surface area contributed by atoms with Crippen molar-refractivity contribution in [2.24, 2.45) is 0 Å². The summed E-state index contributed by atoms with van der Waals surface area (Å²) in [5.41, 5.74) is 1.44. The van der Waals surface area contributed by atoms with Gasteiger partial charge in [0.25, 0.3) is 0 Å². The number of alkyl halides is 3. The van der Waals surface area contributed by atoms with Crippen molar-refractivity contribution in [1.29, 1.82) is 0 Å². The molecule has 0 amide bonds. The summed E-state index contributed by atoms with van der Waals surface area (Å²) in [6, 6.07) is 6.64. The summed E-state index contributed by atoms with van der Waals surface area (Å²) in [6.45, 7) is 4.38. The van der Waals surface area contributed by atoms with Gasteiger partial charge in [0.15, 0.2) is 0 Å². The van der Waals surface area contributed by atoms with Gasteiger partial charge in [-0.15, -0.1) is 0 Å². The van der Waals surface area contributed by atoms with Crippen molar-refractivity contribution in [2.45, 2.75) is 39.1 Å². The minimum absolute atomic E-state index is 0.253. The number of hydrogen-bond acceptors (Lipinski definition) is 2. The lowest BCUT2D eigenvalue weighted by molar-refractivity contribution is -0.137. The first-order valence-electron chi connectivity index (χ1n) is 6.69. The van der Waals surface area contributed by atoms with E-state index in [0.717, 1.165) is 17.8 Å². The summed E-state index contributed by atoms with van der Waals surface area (Å²) in [6.07, 6.45) is -4.87. The fourth-order valence-corrected chi connectivity index (χ4v) is 2.24. The van der Waals surface area contributed by atoms with Gasteiger partial charge < -0.3 is 5.11 Å². The molecule has 0 fully saturated rings. The van der Waals surface area contributed by atoms with E-state index in [-0.39, 0.29) is 6.42 Å². The van der Waals surface area contributed by atoms with Crippen molar-refractivity contribution < 1.29 is 18.3 Å². The monoisotopic (exact) mass is 298 g/mol. The molecular formula is C15H17F3N2O. The lowest BCUT2D eigenvalue weighted by atomic mass is 10.0. The zero-order valence-corrected chi connectivity index (χ0v) is 11.9. The van der Waals surface area contributed by atoms with Gasteiger partial charge >= 0.3 is 6.18 Å². The average molecular weight is 298 g/mol. The zero-order valence-electron chi connectivity index (χ0n) is 11.9. The number of aromatic nitrogens is 2. The first kappa shape index (κ1) is 15.6. The Balaban J connectivity index is 2.14. The molecule has 1 N–H and O–H groups in total. The maximum absolute atomic E-state index is 12.5. The normalized spacial score (nSPS) is 13.4. The smallest absolute Gasteiger partial charge is 0.386 e. The summed E-state index contributed by atoms with van der Waals surface area (Å²) < 4.78 is 39.2. The molecule has 0 aliphatic heterocycles. The SMILES string of the molecule is CCn1nc(C)cc1C(O)Cc1ccc(C(F)(F)F)cc1. The summed E-state index contributed by atoms with van der Waals surface area (Å²) >= 11 is 0. The van der Waals surface area contributed by atoms with Gasteiger partial charge in [-0.2, -0.15) is 18.3 Å². The molecule has 21 heavy (non-hydrogen) atoms. The van der Waals surface area contributed by atoms with E-state index >= 15 is 0 Å². The second-order valence-electron chi connectivity index (χ2n) is 4.94. The highest BCUT2D eigenvalue weighted by Crippen LogP contribution is 2.29. The van der Waals surface area contributed by atoms with E-state index in [9.17, 15) is 18.3 Å². The van der Waals surface area contributed by atoms with Crippen LogP contribution in [0.5, 0.6) is 0 Å². The molecule has 2 aromatic rings. The van der Waals surface area contributed by atoms with Crippen molar-refractivity contribution in [3.05, 3.63) is 52.8 Å². The molecule has 3 nitrogen and oxygen atoms in total. The van der Waals surface area contributed by atoms with Crippen LogP contribution in [0.25, 0.3) is 0 Å². The predicted molar refractivity (Wildman–Crippen MR) is 72.7 cm³/mol. The maximum Gasteiger partial charge on any atom is 0.416 e. The van der Waals surface area contributed by atoms with Crippen LogP contribution in [-0.4, -0.2) is 14.9 Å². The summed E-state index contributed by atoms with van der Waals surface area (Å²) in [7, 11) is 0. The van der Waals surface area contributed by atoms with Gasteiger partial charge in [0.1, 0.15) is 0 Å². The molecule has 0 aliphatic carbocycles. The molecule has 2 rings (SSSR count). The van der Waals surface area contributed by atoms with Crippen LogP contribution in [0, 0.1) is 6.92 Å². The highest BCUT2D eigenvalue weighted by molar-refractivity contribution is 5.26. The van der Waals surface area contributed by atoms with Gasteiger partial charge in [-0.1, -0.05) is 12.1 Å². The van der Waals surface area contributed by atoms with E-state index in [2.05, 4.69) is 5.10 Å². The van der Waals surface area contributed by atoms with Crippen LogP contribution in [0.4, 0.5) is 13.2 Å². The van der Waals surface area contributed by atoms with Crippen LogP contribution in [0.15, 0.2) is 30.3 Å². The Bertz CT molecular complexity index is 602. The minimum Gasteiger partial charge on any atom is -0.386 e. The zero-order chi connectivity index (χ0) is 15.6. The van der Waals surface area contributed by atoms with Crippen LogP contribution >= 0.6 is 0 Å². The Morgan fingerprint density at radius 2 is 1.86 bits per heavy atom. The van der Waals surface area contributed by atoms with Crippen LogP contribution in [-0.2, 0) is 19.1 Å². The molecular weight excluding hydrogens is 281 g/mol. The van der Waals surface area contributed by atoms with Gasteiger partial charge in [-0.25, -0.2) is 0 Å². The molecule has 114 valence electrons. The van der Waals surface area contributed by atoms with Crippen molar-refractivity contribution in [1.82, 2.24) is 9.78 Å². The molecule has 0 spiro atoms. The molecule has 1 atom stereocenters. The molecule has 0 bridgehead atoms. The van der Waals surface area contributed by atoms with Crippen molar-refractivity contribution in [3.63, 3.8) is 0 Å². The third kappa shape index (κ3) is 3.64. The number of aryl methyl sites for hydroxylation is 2. The second kappa shape index (κ2) is 5.89. The molecule has 0 aliphatic rings. The van der Waals surface area contributed by atoms with E-state index in [1.807, 2.05) is 13.8 Å². The van der Waals surface area contributed by atoms with Crippen molar-refractivity contribution >= 4 is 0 Å². The molecule has 1 aromatic carbocycles. The summed E-state index contributed by atoms with van der Waals surface area (Å²) in [5.74, 6) is 0. The standard InChI is InChI=1S/C15H17F3N2O/c1-3-20-13(8-10(2)19-20)14(21)9-11-4-6-12(7-5-11)15(16,17)18/h4-8,14,21H,3,9H2,1-2H3. The Kier molecular flexibility index (Phi) is 4.37. The van der Waals surface area contributed by atoms with Gasteiger partial charge in [0.05, 0.1) is 23.1 Å². The molecule has 1 aromatic heterocycles. The van der Waals surface area contributed by atoms with Crippen LogP contribution in [0.2, 0.25) is 0 Å². The minimum atomic E-state index is -4.34. The highest BCUT2D eigenvalue weighted by Gasteiger charge is 2.30. The van der Waals surface area contributed by atoms with Gasteiger partial charge in [0.2, 0.25) is 0 Å². The topological polar surface area (TPSA) is 38.0 Å². The quantitative estimate of drug-likeness (QED) is 0.938. The lowest BCUT2D eigenvalue weighted by Gasteiger charge is -2.13. The first-order chi connectivity index (χ1) is 9.81. The molecule has 1 unspecified atom stereocenters. The first-order valence-corrected chi connectivity index (χ1v) is 6.69. The molecule has 0 saturated carbocycles. The highest BCUT2D eigenvalue weighted by atomic mass is 19.4. The van der Waals surface area contributed by atoms with E-state index in [0.29, 0.717) is 17.8 Å². The lowest BCUT2D eigenvalue weighted by Crippen LogP contribution is -2.10. The number of rotatable bonds is 4. The molecule has 0 saturated heterocycles. The van der Waals surface area contributed by atoms with E-state index in [4.69, 9.17) is 0 Å². The fraction of sp³-hybridized carbons (Fsp3) is 0.400. The van der Waals surface area contributed by atoms with E-state index < -0.39 is 17.8 Å². The Labute approximate surface area is 121 Å². The Morgan fingerprint density at radius 3 is 2.38 bits per heavy atom. The fourth-order valence-electron chi connectivity index (χ4n) is 2.24. The molecule has 0 radical (unpaired) electrons. The van der Waals surface area contributed by atoms with Gasteiger partial charge in [-0.05, 0) is 37.6 Å². The van der Waals surface area contributed by atoms with Gasteiger partial charge in [0, 0.05) is 13.0 Å². The van der Waals surface area contributed by atoms with Crippen LogP contribution < -0.4 is 0 Å². The Hall–Kier alpha value is -1.82. The number of hydrogen-bond donors (Lipinski definition) is 1. The number of halogens is 3. The van der Waals surface area contributed by atoms with E-state index in [1.54, 1.807) is 10.7 Å². The van der Waals surface area contributed by atoms with E-state index in [1.165, 1.54) is 12.1 Å². The third-order valence-corrected chi connectivity index (χ3v) is 3.28. The van der Waals surface area contributed by atoms with Crippen molar-refractivity contribution in [3.8, 4) is 0 Å². The van der Waals surface area contributed by atoms with Crippen LogP contribution in [0.3, 0.4) is 0 Å². The van der Waals surface area contributed by atoms with Crippen LogP contribution in [0.1, 0.15) is 35.5 Å². The maximum atomic E-state index is 12.5. The number of benzene rings is 1. The largest absolute Gasteiger partial charge is 0.416 e. The average Bonchev–Trinajstić information content (AvgIpc) is 2.79. The molecule has 1 heterocycles. The Morgan fingerprint density at radius 1 is 1.24 bits per heavy atom. The third-order valence-electron chi connectivity index (χ3n) is 3.28. The molecule has 6 heteroatoms. The number of nitrogens with zero attached hydrogens (tertiary/aromatic N) is 2.